The summed E-state index contributed by atoms with van der Waals surface area (Å²) in [6.45, 7) is 3.25. The second-order valence-electron chi connectivity index (χ2n) is 4.87. The first-order chi connectivity index (χ1) is 10.2. The highest BCUT2D eigenvalue weighted by Crippen LogP contribution is 2.26. The molecule has 0 amide bonds. The number of nitro groups is 1. The van der Waals surface area contributed by atoms with Gasteiger partial charge in [-0.3, -0.25) is 14.8 Å². The lowest BCUT2D eigenvalue weighted by molar-refractivity contribution is -0.385. The quantitative estimate of drug-likeness (QED) is 0.664. The molecule has 0 saturated carbocycles. The maximum Gasteiger partial charge on any atom is 0.270 e. The minimum atomic E-state index is -4.00. The molecule has 0 saturated heterocycles. The SMILES string of the molecule is Cc1cc(O)cc(NS(=O)(=O)c2cc([N+](=O)[O-])ccc2C)c1. The average Bonchev–Trinajstić information content (AvgIpc) is 2.36. The number of nitrogens with one attached hydrogen (secondary N) is 1. The first-order valence-electron chi connectivity index (χ1n) is 6.27. The highest BCUT2D eigenvalue weighted by Gasteiger charge is 2.21. The minimum Gasteiger partial charge on any atom is -0.508 e. The lowest BCUT2D eigenvalue weighted by Gasteiger charge is -2.11. The van der Waals surface area contributed by atoms with Crippen molar-refractivity contribution in [3.8, 4) is 5.75 Å². The summed E-state index contributed by atoms with van der Waals surface area (Å²) >= 11 is 0. The molecule has 0 unspecified atom stereocenters. The number of anilines is 1. The van der Waals surface area contributed by atoms with Gasteiger partial charge in [-0.2, -0.15) is 0 Å². The Labute approximate surface area is 127 Å². The summed E-state index contributed by atoms with van der Waals surface area (Å²) in [5.41, 5.74) is 0.935. The third kappa shape index (κ3) is 3.34. The fourth-order valence-electron chi connectivity index (χ4n) is 2.02. The van der Waals surface area contributed by atoms with E-state index >= 15 is 0 Å². The molecule has 0 fully saturated rings. The summed E-state index contributed by atoms with van der Waals surface area (Å²) in [5.74, 6) is -0.0755. The molecular formula is C14H14N2O5S. The molecular weight excluding hydrogens is 308 g/mol. The van der Waals surface area contributed by atoms with Crippen molar-refractivity contribution in [2.45, 2.75) is 18.7 Å². The zero-order chi connectivity index (χ0) is 16.5. The summed E-state index contributed by atoms with van der Waals surface area (Å²) in [4.78, 5) is 9.96. The zero-order valence-electron chi connectivity index (χ0n) is 11.9. The van der Waals surface area contributed by atoms with Crippen LogP contribution < -0.4 is 4.72 Å². The number of benzene rings is 2. The van der Waals surface area contributed by atoms with Gasteiger partial charge in [0.2, 0.25) is 0 Å². The predicted octanol–water partition coefficient (Wildman–Crippen LogP) is 2.72. The van der Waals surface area contributed by atoms with Gasteiger partial charge in [0.1, 0.15) is 5.75 Å². The number of rotatable bonds is 4. The molecule has 22 heavy (non-hydrogen) atoms. The molecule has 0 aliphatic carbocycles. The number of nitro benzene ring substituents is 1. The van der Waals surface area contributed by atoms with E-state index in [4.69, 9.17) is 0 Å². The molecule has 0 aromatic heterocycles. The lowest BCUT2D eigenvalue weighted by Crippen LogP contribution is -2.14. The lowest BCUT2D eigenvalue weighted by atomic mass is 10.2. The van der Waals surface area contributed by atoms with E-state index in [-0.39, 0.29) is 22.0 Å². The number of non-ortho nitro benzene ring substituents is 1. The van der Waals surface area contributed by atoms with Crippen molar-refractivity contribution in [3.05, 3.63) is 57.6 Å². The van der Waals surface area contributed by atoms with Crippen LogP contribution in [0.25, 0.3) is 0 Å². The number of hydrogen-bond donors (Lipinski definition) is 2. The second-order valence-corrected chi connectivity index (χ2v) is 6.52. The number of aryl methyl sites for hydroxylation is 2. The highest BCUT2D eigenvalue weighted by molar-refractivity contribution is 7.92. The average molecular weight is 322 g/mol. The summed E-state index contributed by atoms with van der Waals surface area (Å²) in [6, 6.07) is 7.91. The van der Waals surface area contributed by atoms with E-state index < -0.39 is 14.9 Å². The van der Waals surface area contributed by atoms with Gasteiger partial charge in [-0.15, -0.1) is 0 Å². The Morgan fingerprint density at radius 3 is 2.41 bits per heavy atom. The molecule has 2 aromatic carbocycles. The van der Waals surface area contributed by atoms with Gasteiger partial charge in [0.25, 0.3) is 15.7 Å². The van der Waals surface area contributed by atoms with Crippen LogP contribution in [0.3, 0.4) is 0 Å². The standard InChI is InChI=1S/C14H14N2O5S/c1-9-5-11(7-13(17)6-9)15-22(20,21)14-8-12(16(18)19)4-3-10(14)2/h3-8,15,17H,1-2H3. The van der Waals surface area contributed by atoms with Gasteiger partial charge in [0.15, 0.2) is 0 Å². The van der Waals surface area contributed by atoms with E-state index in [1.165, 1.54) is 24.3 Å². The van der Waals surface area contributed by atoms with Crippen LogP contribution in [0, 0.1) is 24.0 Å². The molecule has 2 aromatic rings. The molecule has 7 nitrogen and oxygen atoms in total. The Kier molecular flexibility index (Phi) is 4.05. The number of phenolic OH excluding ortho intramolecular Hbond substituents is 1. The summed E-state index contributed by atoms with van der Waals surface area (Å²) in [6.07, 6.45) is 0. The van der Waals surface area contributed by atoms with Crippen LogP contribution in [0.5, 0.6) is 5.75 Å². The van der Waals surface area contributed by atoms with E-state index in [9.17, 15) is 23.6 Å². The monoisotopic (exact) mass is 322 g/mol. The van der Waals surface area contributed by atoms with Crippen LogP contribution in [0.1, 0.15) is 11.1 Å². The van der Waals surface area contributed by atoms with Crippen molar-refractivity contribution in [1.29, 1.82) is 0 Å². The van der Waals surface area contributed by atoms with Crippen molar-refractivity contribution in [2.24, 2.45) is 0 Å². The maximum absolute atomic E-state index is 12.4. The number of aromatic hydroxyl groups is 1. The van der Waals surface area contributed by atoms with Gasteiger partial charge >= 0.3 is 0 Å². The molecule has 2 rings (SSSR count). The predicted molar refractivity (Wildman–Crippen MR) is 81.5 cm³/mol. The van der Waals surface area contributed by atoms with Crippen LogP contribution >= 0.6 is 0 Å². The number of hydrogen-bond acceptors (Lipinski definition) is 5. The van der Waals surface area contributed by atoms with Crippen LogP contribution in [-0.4, -0.2) is 18.4 Å². The minimum absolute atomic E-state index is 0.0755. The zero-order valence-corrected chi connectivity index (χ0v) is 12.7. The topological polar surface area (TPSA) is 110 Å². The van der Waals surface area contributed by atoms with Gasteiger partial charge in [0.05, 0.1) is 15.5 Å². The first-order valence-corrected chi connectivity index (χ1v) is 7.76. The largest absolute Gasteiger partial charge is 0.508 e. The van der Waals surface area contributed by atoms with Gasteiger partial charge < -0.3 is 5.11 Å². The molecule has 0 bridgehead atoms. The second kappa shape index (κ2) is 5.64. The van der Waals surface area contributed by atoms with E-state index in [1.54, 1.807) is 19.9 Å². The van der Waals surface area contributed by atoms with Gasteiger partial charge in [-0.05, 0) is 37.1 Å². The summed E-state index contributed by atoms with van der Waals surface area (Å²) < 4.78 is 27.1. The smallest absolute Gasteiger partial charge is 0.270 e. The van der Waals surface area contributed by atoms with Gasteiger partial charge in [0, 0.05) is 18.2 Å². The third-order valence-corrected chi connectivity index (χ3v) is 4.51. The maximum atomic E-state index is 12.4. The van der Waals surface area contributed by atoms with Crippen LogP contribution in [-0.2, 0) is 10.0 Å². The molecule has 0 aliphatic heterocycles. The Balaban J connectivity index is 2.46. The fourth-order valence-corrected chi connectivity index (χ4v) is 3.33. The third-order valence-electron chi connectivity index (χ3n) is 2.99. The van der Waals surface area contributed by atoms with Crippen molar-refractivity contribution in [1.82, 2.24) is 0 Å². The Bertz CT molecular complexity index is 826. The fraction of sp³-hybridized carbons (Fsp3) is 0.143. The van der Waals surface area contributed by atoms with Crippen LogP contribution in [0.2, 0.25) is 0 Å². The van der Waals surface area contributed by atoms with Crippen molar-refractivity contribution in [3.63, 3.8) is 0 Å². The molecule has 2 N–H and O–H groups in total. The van der Waals surface area contributed by atoms with Gasteiger partial charge in [-0.25, -0.2) is 8.42 Å². The first kappa shape index (κ1) is 15.8. The number of nitrogens with zero attached hydrogens (tertiary/aromatic N) is 1. The summed E-state index contributed by atoms with van der Waals surface area (Å²) in [7, 11) is -4.00. The molecule has 0 atom stereocenters. The molecule has 0 spiro atoms. The van der Waals surface area contributed by atoms with Crippen LogP contribution in [0.4, 0.5) is 11.4 Å². The van der Waals surface area contributed by atoms with E-state index in [0.29, 0.717) is 11.1 Å². The Morgan fingerprint density at radius 1 is 1.14 bits per heavy atom. The van der Waals surface area contributed by atoms with Crippen molar-refractivity contribution in [2.75, 3.05) is 4.72 Å². The number of phenols is 1. The molecule has 8 heteroatoms. The molecule has 0 aliphatic rings. The van der Waals surface area contributed by atoms with E-state index in [2.05, 4.69) is 4.72 Å². The summed E-state index contributed by atoms with van der Waals surface area (Å²) in [5, 5.41) is 20.3. The molecule has 0 radical (unpaired) electrons. The van der Waals surface area contributed by atoms with Crippen molar-refractivity contribution >= 4 is 21.4 Å². The number of sulfonamides is 1. The van der Waals surface area contributed by atoms with E-state index in [1.807, 2.05) is 0 Å². The van der Waals surface area contributed by atoms with Gasteiger partial charge in [-0.1, -0.05) is 6.07 Å². The highest BCUT2D eigenvalue weighted by atomic mass is 32.2. The molecule has 116 valence electrons. The normalized spacial score (nSPS) is 11.2. The van der Waals surface area contributed by atoms with Crippen LogP contribution in [0.15, 0.2) is 41.3 Å². The van der Waals surface area contributed by atoms with E-state index in [0.717, 1.165) is 6.07 Å². The Hall–Kier alpha value is -2.61. The molecule has 0 heterocycles. The van der Waals surface area contributed by atoms with Crippen molar-refractivity contribution < 1.29 is 18.4 Å². The Morgan fingerprint density at radius 2 is 1.82 bits per heavy atom.